The van der Waals surface area contributed by atoms with Crippen molar-refractivity contribution < 1.29 is 9.59 Å². The van der Waals surface area contributed by atoms with Crippen molar-refractivity contribution in [2.45, 2.75) is 19.9 Å². The van der Waals surface area contributed by atoms with Gasteiger partial charge in [-0.05, 0) is 18.1 Å². The summed E-state index contributed by atoms with van der Waals surface area (Å²) in [6.45, 7) is 3.94. The maximum atomic E-state index is 12.4. The number of nitrogens with zero attached hydrogens (tertiary/aromatic N) is 2. The van der Waals surface area contributed by atoms with E-state index in [2.05, 4.69) is 10.3 Å². The largest absolute Gasteiger partial charge is 0.345 e. The standard InChI is InChI=1S/C16H17N3O2/c1-10(2)15-16(21)18-9-14(20)19(15)13-5-3-4-11-8-17-7-6-12(11)13/h3-8,10,15H,9H2,1-2H3,(H,18,21). The lowest BCUT2D eigenvalue weighted by Gasteiger charge is -2.37. The van der Waals surface area contributed by atoms with E-state index < -0.39 is 6.04 Å². The van der Waals surface area contributed by atoms with Gasteiger partial charge in [-0.1, -0.05) is 26.0 Å². The number of aromatic nitrogens is 1. The summed E-state index contributed by atoms with van der Waals surface area (Å²) in [4.78, 5) is 30.3. The second kappa shape index (κ2) is 5.16. The van der Waals surface area contributed by atoms with Gasteiger partial charge in [0.15, 0.2) is 0 Å². The van der Waals surface area contributed by atoms with E-state index >= 15 is 0 Å². The average molecular weight is 283 g/mol. The van der Waals surface area contributed by atoms with E-state index in [-0.39, 0.29) is 24.3 Å². The van der Waals surface area contributed by atoms with E-state index in [1.807, 2.05) is 38.1 Å². The number of benzene rings is 1. The number of carbonyl (C=O) groups is 2. The van der Waals surface area contributed by atoms with Crippen LogP contribution in [0.3, 0.4) is 0 Å². The van der Waals surface area contributed by atoms with E-state index in [0.717, 1.165) is 16.5 Å². The van der Waals surface area contributed by atoms with Gasteiger partial charge in [-0.2, -0.15) is 0 Å². The Morgan fingerprint density at radius 3 is 2.86 bits per heavy atom. The molecule has 2 aromatic rings. The van der Waals surface area contributed by atoms with Crippen molar-refractivity contribution in [1.29, 1.82) is 0 Å². The Hall–Kier alpha value is -2.43. The zero-order valence-electron chi connectivity index (χ0n) is 12.0. The first-order valence-corrected chi connectivity index (χ1v) is 7.02. The zero-order chi connectivity index (χ0) is 15.0. The molecule has 21 heavy (non-hydrogen) atoms. The van der Waals surface area contributed by atoms with Gasteiger partial charge in [0.25, 0.3) is 0 Å². The molecule has 0 spiro atoms. The molecule has 5 heteroatoms. The zero-order valence-corrected chi connectivity index (χ0v) is 12.0. The fraction of sp³-hybridized carbons (Fsp3) is 0.312. The summed E-state index contributed by atoms with van der Waals surface area (Å²) < 4.78 is 0. The normalized spacial score (nSPS) is 19.2. The van der Waals surface area contributed by atoms with Gasteiger partial charge in [-0.3, -0.25) is 19.5 Å². The summed E-state index contributed by atoms with van der Waals surface area (Å²) in [6.07, 6.45) is 3.46. The molecule has 1 aliphatic heterocycles. The molecule has 5 nitrogen and oxygen atoms in total. The number of piperazine rings is 1. The van der Waals surface area contributed by atoms with Crippen molar-refractivity contribution in [3.63, 3.8) is 0 Å². The van der Waals surface area contributed by atoms with Gasteiger partial charge >= 0.3 is 0 Å². The Labute approximate surface area is 123 Å². The minimum Gasteiger partial charge on any atom is -0.345 e. The molecule has 0 bridgehead atoms. The molecular formula is C16H17N3O2. The maximum Gasteiger partial charge on any atom is 0.247 e. The first-order chi connectivity index (χ1) is 10.1. The van der Waals surface area contributed by atoms with Crippen molar-refractivity contribution in [3.05, 3.63) is 36.7 Å². The van der Waals surface area contributed by atoms with Crippen molar-refractivity contribution in [3.8, 4) is 0 Å². The molecule has 1 atom stereocenters. The lowest BCUT2D eigenvalue weighted by atomic mass is 9.97. The molecule has 0 aliphatic carbocycles. The Morgan fingerprint density at radius 1 is 1.29 bits per heavy atom. The number of rotatable bonds is 2. The molecule has 0 saturated carbocycles. The summed E-state index contributed by atoms with van der Waals surface area (Å²) >= 11 is 0. The van der Waals surface area contributed by atoms with Gasteiger partial charge in [-0.25, -0.2) is 0 Å². The Morgan fingerprint density at radius 2 is 2.10 bits per heavy atom. The summed E-state index contributed by atoms with van der Waals surface area (Å²) in [5.74, 6) is -0.153. The number of pyridine rings is 1. The third-order valence-electron chi connectivity index (χ3n) is 3.78. The lowest BCUT2D eigenvalue weighted by Crippen LogP contribution is -2.60. The quantitative estimate of drug-likeness (QED) is 0.913. The molecule has 1 aliphatic rings. The summed E-state index contributed by atoms with van der Waals surface area (Å²) in [5, 5.41) is 4.56. The third-order valence-corrected chi connectivity index (χ3v) is 3.78. The molecule has 0 radical (unpaired) electrons. The van der Waals surface area contributed by atoms with Gasteiger partial charge in [0.05, 0.1) is 12.2 Å². The van der Waals surface area contributed by atoms with Crippen LogP contribution in [0.1, 0.15) is 13.8 Å². The van der Waals surface area contributed by atoms with Crippen molar-refractivity contribution >= 4 is 28.3 Å². The molecule has 3 rings (SSSR count). The van der Waals surface area contributed by atoms with Crippen molar-refractivity contribution in [2.24, 2.45) is 5.92 Å². The van der Waals surface area contributed by atoms with E-state index in [0.29, 0.717) is 0 Å². The van der Waals surface area contributed by atoms with Gasteiger partial charge in [0.1, 0.15) is 6.04 Å². The number of carbonyl (C=O) groups excluding carboxylic acids is 2. The van der Waals surface area contributed by atoms with E-state index in [1.165, 1.54) is 0 Å². The SMILES string of the molecule is CC(C)C1C(=O)NCC(=O)N1c1cccc2cnccc12. The Kier molecular flexibility index (Phi) is 3.33. The van der Waals surface area contributed by atoms with Crippen LogP contribution in [0.4, 0.5) is 5.69 Å². The third kappa shape index (κ3) is 2.24. The smallest absolute Gasteiger partial charge is 0.247 e. The van der Waals surface area contributed by atoms with Crippen molar-refractivity contribution in [2.75, 3.05) is 11.4 Å². The van der Waals surface area contributed by atoms with Crippen LogP contribution in [0, 0.1) is 5.92 Å². The highest BCUT2D eigenvalue weighted by atomic mass is 16.2. The number of nitrogens with one attached hydrogen (secondary N) is 1. The number of anilines is 1. The highest BCUT2D eigenvalue weighted by Gasteiger charge is 2.37. The highest BCUT2D eigenvalue weighted by Crippen LogP contribution is 2.30. The van der Waals surface area contributed by atoms with Gasteiger partial charge in [0.2, 0.25) is 11.8 Å². The van der Waals surface area contributed by atoms with Gasteiger partial charge in [0, 0.05) is 23.2 Å². The van der Waals surface area contributed by atoms with Crippen LogP contribution in [0.2, 0.25) is 0 Å². The average Bonchev–Trinajstić information content (AvgIpc) is 2.48. The topological polar surface area (TPSA) is 62.3 Å². The second-order valence-corrected chi connectivity index (χ2v) is 5.54. The maximum absolute atomic E-state index is 12.4. The van der Waals surface area contributed by atoms with Gasteiger partial charge in [-0.15, -0.1) is 0 Å². The number of amides is 2. The Balaban J connectivity index is 2.18. The van der Waals surface area contributed by atoms with Crippen LogP contribution in [0.25, 0.3) is 10.8 Å². The molecule has 1 fully saturated rings. The molecular weight excluding hydrogens is 266 g/mol. The molecule has 1 aromatic carbocycles. The van der Waals surface area contributed by atoms with E-state index in [4.69, 9.17) is 0 Å². The van der Waals surface area contributed by atoms with E-state index in [1.54, 1.807) is 17.3 Å². The molecule has 1 aromatic heterocycles. The van der Waals surface area contributed by atoms with Crippen LogP contribution in [-0.2, 0) is 9.59 Å². The molecule has 2 amide bonds. The molecule has 2 heterocycles. The predicted molar refractivity (Wildman–Crippen MR) is 80.9 cm³/mol. The minimum atomic E-state index is -0.481. The molecule has 108 valence electrons. The number of hydrogen-bond acceptors (Lipinski definition) is 3. The predicted octanol–water partition coefficient (Wildman–Crippen LogP) is 1.72. The molecule has 1 unspecified atom stereocenters. The fourth-order valence-corrected chi connectivity index (χ4v) is 2.83. The Bertz CT molecular complexity index is 706. The summed E-state index contributed by atoms with van der Waals surface area (Å²) in [6, 6.07) is 7.11. The first kappa shape index (κ1) is 13.5. The van der Waals surface area contributed by atoms with Crippen LogP contribution < -0.4 is 10.2 Å². The first-order valence-electron chi connectivity index (χ1n) is 7.02. The summed E-state index contributed by atoms with van der Waals surface area (Å²) in [5.41, 5.74) is 0.772. The highest BCUT2D eigenvalue weighted by molar-refractivity contribution is 6.11. The fourth-order valence-electron chi connectivity index (χ4n) is 2.83. The van der Waals surface area contributed by atoms with Crippen LogP contribution in [0.5, 0.6) is 0 Å². The lowest BCUT2D eigenvalue weighted by molar-refractivity contribution is -0.131. The number of hydrogen-bond donors (Lipinski definition) is 1. The van der Waals surface area contributed by atoms with Gasteiger partial charge < -0.3 is 5.32 Å². The minimum absolute atomic E-state index is 0.0337. The number of fused-ring (bicyclic) bond motifs is 1. The van der Waals surface area contributed by atoms with E-state index in [9.17, 15) is 9.59 Å². The van der Waals surface area contributed by atoms with Crippen LogP contribution >= 0.6 is 0 Å². The van der Waals surface area contributed by atoms with Crippen LogP contribution in [0.15, 0.2) is 36.7 Å². The van der Waals surface area contributed by atoms with Crippen molar-refractivity contribution in [1.82, 2.24) is 10.3 Å². The summed E-state index contributed by atoms with van der Waals surface area (Å²) in [7, 11) is 0. The molecule has 1 saturated heterocycles. The molecule has 1 N–H and O–H groups in total. The monoisotopic (exact) mass is 283 g/mol. The van der Waals surface area contributed by atoms with Crippen LogP contribution in [-0.4, -0.2) is 29.4 Å². The second-order valence-electron chi connectivity index (χ2n) is 5.54.